The molecule has 0 amide bonds. The van der Waals surface area contributed by atoms with E-state index in [1.54, 1.807) is 0 Å². The number of hydrogen-bond acceptors (Lipinski definition) is 0. The first-order chi connectivity index (χ1) is 4.30. The van der Waals surface area contributed by atoms with Crippen LogP contribution in [0, 0.1) is 0 Å². The normalized spacial score (nSPS) is 13.1. The zero-order chi connectivity index (χ0) is 6.69. The van der Waals surface area contributed by atoms with Gasteiger partial charge in [0, 0.05) is 0 Å². The Morgan fingerprint density at radius 1 is 1.22 bits per heavy atom. The molecule has 0 N–H and O–H groups in total. The molecule has 0 aromatic heterocycles. The highest BCUT2D eigenvalue weighted by atomic mass is 127. The fourth-order valence-corrected chi connectivity index (χ4v) is 2.18. The van der Waals surface area contributed by atoms with Crippen LogP contribution in [-0.4, -0.2) is 6.66 Å². The first-order valence-corrected chi connectivity index (χ1v) is 7.32. The standard InChI is InChI=1S/C7H8IP/c1-9(8)7-5-3-2-4-6-7/h2-6H,1H3. The van der Waals surface area contributed by atoms with Crippen molar-refractivity contribution in [3.63, 3.8) is 0 Å². The van der Waals surface area contributed by atoms with Crippen molar-refractivity contribution in [2.24, 2.45) is 0 Å². The minimum Gasteiger partial charge on any atom is -0.0622 e. The van der Waals surface area contributed by atoms with Crippen LogP contribution in [0.2, 0.25) is 0 Å². The van der Waals surface area contributed by atoms with Crippen LogP contribution in [-0.2, 0) is 0 Å². The highest BCUT2D eigenvalue weighted by Crippen LogP contribution is 2.38. The van der Waals surface area contributed by atoms with Crippen LogP contribution in [0.4, 0.5) is 0 Å². The lowest BCUT2D eigenvalue weighted by atomic mass is 10.4. The van der Waals surface area contributed by atoms with E-state index < -0.39 is 0 Å². The van der Waals surface area contributed by atoms with Gasteiger partial charge in [-0.2, -0.15) is 0 Å². The van der Waals surface area contributed by atoms with Crippen LogP contribution < -0.4 is 5.30 Å². The number of hydrogen-bond donors (Lipinski definition) is 0. The molecule has 1 aromatic rings. The van der Waals surface area contributed by atoms with Crippen LogP contribution >= 0.6 is 27.6 Å². The molecule has 0 saturated heterocycles. The molecule has 48 valence electrons. The smallest absolute Gasteiger partial charge is 0.0127 e. The maximum atomic E-state index is 2.47. The summed E-state index contributed by atoms with van der Waals surface area (Å²) in [6, 6.07) is 10.6. The Labute approximate surface area is 69.9 Å². The maximum absolute atomic E-state index is 2.47. The van der Waals surface area contributed by atoms with Crippen LogP contribution in [0.3, 0.4) is 0 Å². The van der Waals surface area contributed by atoms with E-state index >= 15 is 0 Å². The Morgan fingerprint density at radius 2 is 1.78 bits per heavy atom. The Morgan fingerprint density at radius 3 is 2.11 bits per heavy atom. The Kier molecular flexibility index (Phi) is 2.93. The van der Waals surface area contributed by atoms with Crippen molar-refractivity contribution < 1.29 is 0 Å². The van der Waals surface area contributed by atoms with Crippen molar-refractivity contribution in [1.29, 1.82) is 0 Å². The van der Waals surface area contributed by atoms with Gasteiger partial charge in [-0.25, -0.2) is 0 Å². The molecule has 0 heterocycles. The highest BCUT2D eigenvalue weighted by molar-refractivity contribution is 14.2. The summed E-state index contributed by atoms with van der Waals surface area (Å²) in [5, 5.41) is 1.47. The third-order valence-electron chi connectivity index (χ3n) is 1.11. The zero-order valence-electron chi connectivity index (χ0n) is 5.21. The van der Waals surface area contributed by atoms with Crippen molar-refractivity contribution in [1.82, 2.24) is 0 Å². The lowest BCUT2D eigenvalue weighted by Gasteiger charge is -2.00. The summed E-state index contributed by atoms with van der Waals surface area (Å²) in [6.45, 7) is 2.26. The van der Waals surface area contributed by atoms with Gasteiger partial charge in [0.1, 0.15) is 0 Å². The predicted octanol–water partition coefficient (Wildman–Crippen LogP) is 2.77. The summed E-state index contributed by atoms with van der Waals surface area (Å²) < 4.78 is 0. The quantitative estimate of drug-likeness (QED) is 0.531. The summed E-state index contributed by atoms with van der Waals surface area (Å²) in [6.07, 6.45) is 0. The number of benzene rings is 1. The maximum Gasteiger partial charge on any atom is -0.0127 e. The average Bonchev–Trinajstić information content (AvgIpc) is 1.90. The van der Waals surface area contributed by atoms with Gasteiger partial charge in [0.25, 0.3) is 0 Å². The molecule has 0 aliphatic heterocycles. The van der Waals surface area contributed by atoms with E-state index in [0.29, 0.717) is 0 Å². The van der Waals surface area contributed by atoms with E-state index in [9.17, 15) is 0 Å². The summed E-state index contributed by atoms with van der Waals surface area (Å²) in [4.78, 5) is 0. The van der Waals surface area contributed by atoms with Crippen molar-refractivity contribution in [2.75, 3.05) is 6.66 Å². The van der Waals surface area contributed by atoms with E-state index in [2.05, 4.69) is 59.0 Å². The average molecular weight is 250 g/mol. The molecule has 2 heteroatoms. The van der Waals surface area contributed by atoms with Gasteiger partial charge in [0.2, 0.25) is 0 Å². The molecule has 1 rings (SSSR count). The molecule has 1 atom stereocenters. The molecule has 1 aromatic carbocycles. The molecule has 0 bridgehead atoms. The SMILES string of the molecule is CP(I)c1ccccc1. The third kappa shape index (κ3) is 2.23. The van der Waals surface area contributed by atoms with Crippen molar-refractivity contribution in [3.05, 3.63) is 30.3 Å². The Hall–Kier alpha value is 0.380. The van der Waals surface area contributed by atoms with Gasteiger partial charge in [-0.3, -0.25) is 0 Å². The Bertz CT molecular complexity index is 172. The van der Waals surface area contributed by atoms with Gasteiger partial charge in [-0.1, -0.05) is 30.3 Å². The molecule has 0 radical (unpaired) electrons. The van der Waals surface area contributed by atoms with Crippen molar-refractivity contribution >= 4 is 32.9 Å². The van der Waals surface area contributed by atoms with Crippen molar-refractivity contribution in [3.8, 4) is 0 Å². The van der Waals surface area contributed by atoms with Gasteiger partial charge in [0.15, 0.2) is 0 Å². The van der Waals surface area contributed by atoms with E-state index in [1.807, 2.05) is 0 Å². The van der Waals surface area contributed by atoms with Gasteiger partial charge in [0.05, 0.1) is 0 Å². The van der Waals surface area contributed by atoms with Crippen molar-refractivity contribution in [2.45, 2.75) is 0 Å². The highest BCUT2D eigenvalue weighted by Gasteiger charge is 1.94. The molecule has 1 unspecified atom stereocenters. The van der Waals surface area contributed by atoms with E-state index in [0.717, 1.165) is 0 Å². The number of rotatable bonds is 1. The minimum atomic E-state index is 0.0744. The molecule has 0 nitrogen and oxygen atoms in total. The van der Waals surface area contributed by atoms with E-state index in [1.165, 1.54) is 5.30 Å². The number of halogens is 1. The second-order valence-electron chi connectivity index (χ2n) is 1.81. The first kappa shape index (κ1) is 7.49. The first-order valence-electron chi connectivity index (χ1n) is 2.75. The molecule has 0 fully saturated rings. The van der Waals surface area contributed by atoms with Crippen LogP contribution in [0.25, 0.3) is 0 Å². The predicted molar refractivity (Wildman–Crippen MR) is 52.9 cm³/mol. The fraction of sp³-hybridized carbons (Fsp3) is 0.143. The van der Waals surface area contributed by atoms with Gasteiger partial charge >= 0.3 is 0 Å². The molecular weight excluding hydrogens is 242 g/mol. The largest absolute Gasteiger partial charge is 0.0622 e. The zero-order valence-corrected chi connectivity index (χ0v) is 8.26. The van der Waals surface area contributed by atoms with Gasteiger partial charge in [-0.05, 0) is 39.6 Å². The molecule has 0 spiro atoms. The van der Waals surface area contributed by atoms with Gasteiger partial charge in [-0.15, -0.1) is 0 Å². The summed E-state index contributed by atoms with van der Waals surface area (Å²) in [7, 11) is 0. The van der Waals surface area contributed by atoms with Crippen LogP contribution in [0.5, 0.6) is 0 Å². The molecule has 0 aliphatic carbocycles. The minimum absolute atomic E-state index is 0.0744. The van der Waals surface area contributed by atoms with Gasteiger partial charge < -0.3 is 0 Å². The second kappa shape index (κ2) is 3.52. The molecule has 9 heavy (non-hydrogen) atoms. The third-order valence-corrected chi connectivity index (χ3v) is 3.79. The summed E-state index contributed by atoms with van der Waals surface area (Å²) in [5.41, 5.74) is 0.0744. The summed E-state index contributed by atoms with van der Waals surface area (Å²) in [5.74, 6) is 0. The van der Waals surface area contributed by atoms with E-state index in [-0.39, 0.29) is 5.56 Å². The van der Waals surface area contributed by atoms with Crippen LogP contribution in [0.15, 0.2) is 30.3 Å². The molecule has 0 saturated carbocycles. The van der Waals surface area contributed by atoms with E-state index in [4.69, 9.17) is 0 Å². The lowest BCUT2D eigenvalue weighted by molar-refractivity contribution is 1.78. The Balaban J connectivity index is 2.85. The molecule has 0 aliphatic rings. The molecular formula is C7H8IP. The van der Waals surface area contributed by atoms with Crippen LogP contribution in [0.1, 0.15) is 0 Å². The lowest BCUT2D eigenvalue weighted by Crippen LogP contribution is -1.92. The topological polar surface area (TPSA) is 0 Å². The second-order valence-corrected chi connectivity index (χ2v) is 7.63. The summed E-state index contributed by atoms with van der Waals surface area (Å²) >= 11 is 2.47. The monoisotopic (exact) mass is 250 g/mol. The fourth-order valence-electron chi connectivity index (χ4n) is 0.633.